The van der Waals surface area contributed by atoms with Crippen LogP contribution in [-0.4, -0.2) is 27.6 Å². The molecule has 0 aromatic heterocycles. The smallest absolute Gasteiger partial charge is 0.259 e. The van der Waals surface area contributed by atoms with Crippen molar-refractivity contribution in [2.24, 2.45) is 5.92 Å². The fourth-order valence-corrected chi connectivity index (χ4v) is 4.52. The molecule has 3 rings (SSSR count). The van der Waals surface area contributed by atoms with Crippen molar-refractivity contribution in [1.29, 1.82) is 0 Å². The van der Waals surface area contributed by atoms with Gasteiger partial charge in [-0.1, -0.05) is 72.2 Å². The first-order valence-electron chi connectivity index (χ1n) is 8.96. The molecule has 0 saturated carbocycles. The van der Waals surface area contributed by atoms with Crippen LogP contribution in [0.1, 0.15) is 37.4 Å². The van der Waals surface area contributed by atoms with Crippen LogP contribution in [-0.2, 0) is 10.3 Å². The number of hydrogen-bond acceptors (Lipinski definition) is 3. The normalized spacial score (nSPS) is 20.9. The van der Waals surface area contributed by atoms with Gasteiger partial charge in [-0.05, 0) is 47.8 Å². The van der Waals surface area contributed by atoms with Crippen LogP contribution in [0, 0.1) is 5.92 Å². The third kappa shape index (κ3) is 3.79. The van der Waals surface area contributed by atoms with Gasteiger partial charge in [0, 0.05) is 4.47 Å². The lowest BCUT2D eigenvalue weighted by molar-refractivity contribution is -0.134. The van der Waals surface area contributed by atoms with Crippen LogP contribution in [0.2, 0.25) is 0 Å². The van der Waals surface area contributed by atoms with Crippen LogP contribution in [0.3, 0.4) is 0 Å². The number of thiocarbonyl (C=S) groups is 1. The number of carbonyl (C=O) groups is 1. The highest BCUT2D eigenvalue weighted by molar-refractivity contribution is 9.10. The summed E-state index contributed by atoms with van der Waals surface area (Å²) in [6.07, 6.45) is 0.614. The SMILES string of the molecule is CC(C)C[C@]1(c2ccccc2)NC(=S)N([C@H](CO)c2cccc(Br)c2)C1=O. The minimum absolute atomic E-state index is 0.119. The summed E-state index contributed by atoms with van der Waals surface area (Å²) in [4.78, 5) is 15.2. The zero-order chi connectivity index (χ0) is 19.6. The summed E-state index contributed by atoms with van der Waals surface area (Å²) in [5.41, 5.74) is 0.809. The van der Waals surface area contributed by atoms with Crippen molar-refractivity contribution in [3.8, 4) is 0 Å². The second-order valence-electron chi connectivity index (χ2n) is 7.23. The van der Waals surface area contributed by atoms with Crippen LogP contribution in [0.15, 0.2) is 59.1 Å². The zero-order valence-corrected chi connectivity index (χ0v) is 17.8. The number of nitrogens with zero attached hydrogens (tertiary/aromatic N) is 1. The van der Waals surface area contributed by atoms with Crippen LogP contribution < -0.4 is 5.32 Å². The van der Waals surface area contributed by atoms with Crippen molar-refractivity contribution in [1.82, 2.24) is 10.2 Å². The number of halogens is 1. The maximum Gasteiger partial charge on any atom is 0.259 e. The predicted molar refractivity (Wildman–Crippen MR) is 114 cm³/mol. The van der Waals surface area contributed by atoms with E-state index in [1.54, 1.807) is 0 Å². The lowest BCUT2D eigenvalue weighted by Gasteiger charge is -2.31. The summed E-state index contributed by atoms with van der Waals surface area (Å²) in [6, 6.07) is 16.7. The fraction of sp³-hybridized carbons (Fsp3) is 0.333. The quantitative estimate of drug-likeness (QED) is 0.654. The Hall–Kier alpha value is -1.76. The Morgan fingerprint density at radius 3 is 2.48 bits per heavy atom. The maximum absolute atomic E-state index is 13.7. The van der Waals surface area contributed by atoms with Crippen molar-refractivity contribution in [3.05, 3.63) is 70.2 Å². The van der Waals surface area contributed by atoms with E-state index in [1.807, 2.05) is 54.6 Å². The lowest BCUT2D eigenvalue weighted by Crippen LogP contribution is -2.45. The number of carbonyl (C=O) groups excluding carboxylic acids is 1. The minimum Gasteiger partial charge on any atom is -0.394 e. The third-order valence-corrected chi connectivity index (χ3v) is 5.61. The van der Waals surface area contributed by atoms with E-state index < -0.39 is 11.6 Å². The lowest BCUT2D eigenvalue weighted by atomic mass is 9.82. The molecule has 1 aliphatic rings. The van der Waals surface area contributed by atoms with E-state index in [0.29, 0.717) is 11.5 Å². The zero-order valence-electron chi connectivity index (χ0n) is 15.4. The van der Waals surface area contributed by atoms with Gasteiger partial charge in [-0.15, -0.1) is 0 Å². The van der Waals surface area contributed by atoms with E-state index in [0.717, 1.165) is 15.6 Å². The van der Waals surface area contributed by atoms with Crippen LogP contribution in [0.25, 0.3) is 0 Å². The Labute approximate surface area is 173 Å². The van der Waals surface area contributed by atoms with E-state index >= 15 is 0 Å². The number of aliphatic hydroxyl groups is 1. The van der Waals surface area contributed by atoms with Crippen molar-refractivity contribution < 1.29 is 9.90 Å². The van der Waals surface area contributed by atoms with Gasteiger partial charge in [-0.3, -0.25) is 9.69 Å². The first-order chi connectivity index (χ1) is 12.9. The molecular formula is C21H23BrN2O2S. The van der Waals surface area contributed by atoms with Crippen molar-refractivity contribution >= 4 is 39.2 Å². The Morgan fingerprint density at radius 2 is 1.89 bits per heavy atom. The average molecular weight is 447 g/mol. The molecule has 2 atom stereocenters. The molecule has 1 fully saturated rings. The number of benzene rings is 2. The highest BCUT2D eigenvalue weighted by atomic mass is 79.9. The molecule has 2 aromatic carbocycles. The molecule has 142 valence electrons. The number of hydrogen-bond donors (Lipinski definition) is 2. The summed E-state index contributed by atoms with van der Waals surface area (Å²) < 4.78 is 0.889. The third-order valence-electron chi connectivity index (χ3n) is 4.82. The van der Waals surface area contributed by atoms with Gasteiger partial charge in [0.15, 0.2) is 5.11 Å². The first kappa shape index (κ1) is 20.0. The van der Waals surface area contributed by atoms with Crippen LogP contribution >= 0.6 is 28.1 Å². The maximum atomic E-state index is 13.7. The molecular weight excluding hydrogens is 424 g/mol. The molecule has 0 radical (unpaired) electrons. The van der Waals surface area contributed by atoms with Gasteiger partial charge in [0.25, 0.3) is 5.91 Å². The fourth-order valence-electron chi connectivity index (χ4n) is 3.71. The number of rotatable bonds is 6. The highest BCUT2D eigenvalue weighted by Crippen LogP contribution is 2.39. The molecule has 1 amide bonds. The largest absolute Gasteiger partial charge is 0.394 e. The van der Waals surface area contributed by atoms with Gasteiger partial charge < -0.3 is 10.4 Å². The van der Waals surface area contributed by atoms with E-state index in [4.69, 9.17) is 12.2 Å². The Kier molecular flexibility index (Phi) is 5.99. The molecule has 1 heterocycles. The number of amides is 1. The molecule has 2 N–H and O–H groups in total. The molecule has 6 heteroatoms. The summed E-state index contributed by atoms with van der Waals surface area (Å²) >= 11 is 9.02. The van der Waals surface area contributed by atoms with Crippen molar-refractivity contribution in [3.63, 3.8) is 0 Å². The Morgan fingerprint density at radius 1 is 1.19 bits per heavy atom. The van der Waals surface area contributed by atoms with Crippen LogP contribution in [0.4, 0.5) is 0 Å². The Balaban J connectivity index is 2.06. The van der Waals surface area contributed by atoms with E-state index in [2.05, 4.69) is 35.1 Å². The second kappa shape index (κ2) is 8.09. The molecule has 1 saturated heterocycles. The van der Waals surface area contributed by atoms with Gasteiger partial charge in [-0.25, -0.2) is 0 Å². The topological polar surface area (TPSA) is 52.6 Å². The molecule has 4 nitrogen and oxygen atoms in total. The van der Waals surface area contributed by atoms with Crippen LogP contribution in [0.5, 0.6) is 0 Å². The summed E-state index contributed by atoms with van der Waals surface area (Å²) in [5.74, 6) is 0.161. The second-order valence-corrected chi connectivity index (χ2v) is 8.53. The predicted octanol–water partition coefficient (Wildman–Crippen LogP) is 4.14. The van der Waals surface area contributed by atoms with Crippen molar-refractivity contribution in [2.75, 3.05) is 6.61 Å². The van der Waals surface area contributed by atoms with Gasteiger partial charge in [-0.2, -0.15) is 0 Å². The van der Waals surface area contributed by atoms with Crippen molar-refractivity contribution in [2.45, 2.75) is 31.8 Å². The van der Waals surface area contributed by atoms with E-state index in [-0.39, 0.29) is 18.4 Å². The molecule has 0 spiro atoms. The van der Waals surface area contributed by atoms with Gasteiger partial charge in [0.1, 0.15) is 5.54 Å². The van der Waals surface area contributed by atoms with Gasteiger partial charge >= 0.3 is 0 Å². The van der Waals surface area contributed by atoms with E-state index in [1.165, 1.54) is 4.90 Å². The standard InChI is InChI=1S/C21H23BrN2O2S/c1-14(2)12-21(16-8-4-3-5-9-16)19(26)24(20(27)23-21)18(13-25)15-7-6-10-17(22)11-15/h3-11,14,18,25H,12-13H2,1-2H3,(H,23,27)/t18-,21-/m1/s1. The minimum atomic E-state index is -0.911. The molecule has 2 aromatic rings. The highest BCUT2D eigenvalue weighted by Gasteiger charge is 2.52. The van der Waals surface area contributed by atoms with E-state index in [9.17, 15) is 9.90 Å². The molecule has 1 aliphatic heterocycles. The van der Waals surface area contributed by atoms with Gasteiger partial charge in [0.2, 0.25) is 0 Å². The molecule has 0 bridgehead atoms. The molecule has 0 aliphatic carbocycles. The Bertz CT molecular complexity index is 843. The molecule has 27 heavy (non-hydrogen) atoms. The first-order valence-corrected chi connectivity index (χ1v) is 10.2. The number of aliphatic hydroxyl groups excluding tert-OH is 1. The summed E-state index contributed by atoms with van der Waals surface area (Å²) in [5, 5.41) is 13.7. The van der Waals surface area contributed by atoms with Gasteiger partial charge in [0.05, 0.1) is 12.6 Å². The number of nitrogens with one attached hydrogen (secondary N) is 1. The average Bonchev–Trinajstić information content (AvgIpc) is 2.88. The summed E-state index contributed by atoms with van der Waals surface area (Å²) in [7, 11) is 0. The summed E-state index contributed by atoms with van der Waals surface area (Å²) in [6.45, 7) is 3.96. The molecule has 0 unspecified atom stereocenters. The monoisotopic (exact) mass is 446 g/mol.